The Morgan fingerprint density at radius 1 is 1.16 bits per heavy atom. The van der Waals surface area contributed by atoms with Crippen LogP contribution in [0.15, 0.2) is 47.4 Å². The number of benzene rings is 2. The standard InChI is InChI=1S/C22H25N3O4S2/c1-14(26)29-13-22(4)12-21(2,3)31-19-10-7-16(11-18(19)22)24-20(30)23-15-5-8-17(9-6-15)25(27)28/h5-11H,12-13H2,1-4H3,(H2,23,24,30). The first-order valence-electron chi connectivity index (χ1n) is 9.77. The van der Waals surface area contributed by atoms with E-state index < -0.39 is 4.92 Å². The zero-order valence-electron chi connectivity index (χ0n) is 17.9. The number of nitro benzene ring substituents is 1. The highest BCUT2D eigenvalue weighted by molar-refractivity contribution is 8.00. The topological polar surface area (TPSA) is 93.5 Å². The van der Waals surface area contributed by atoms with Crippen LogP contribution in [0.25, 0.3) is 0 Å². The van der Waals surface area contributed by atoms with E-state index in [1.807, 2.05) is 23.9 Å². The predicted molar refractivity (Wildman–Crippen MR) is 128 cm³/mol. The molecule has 2 aromatic carbocycles. The van der Waals surface area contributed by atoms with Gasteiger partial charge in [0.05, 0.1) is 4.92 Å². The van der Waals surface area contributed by atoms with Crippen molar-refractivity contribution in [3.05, 3.63) is 58.1 Å². The summed E-state index contributed by atoms with van der Waals surface area (Å²) in [5.41, 5.74) is 2.28. The van der Waals surface area contributed by atoms with Crippen molar-refractivity contribution >= 4 is 52.1 Å². The van der Waals surface area contributed by atoms with Crippen molar-refractivity contribution in [3.8, 4) is 0 Å². The number of carbonyl (C=O) groups excluding carboxylic acids is 1. The van der Waals surface area contributed by atoms with Crippen LogP contribution >= 0.6 is 24.0 Å². The molecule has 0 fully saturated rings. The summed E-state index contributed by atoms with van der Waals surface area (Å²) in [5, 5.41) is 17.4. The maximum absolute atomic E-state index is 11.4. The summed E-state index contributed by atoms with van der Waals surface area (Å²) in [4.78, 5) is 22.9. The average Bonchev–Trinajstić information content (AvgIpc) is 2.66. The number of non-ortho nitro benzene ring substituents is 1. The summed E-state index contributed by atoms with van der Waals surface area (Å²) < 4.78 is 5.42. The van der Waals surface area contributed by atoms with Crippen molar-refractivity contribution in [1.29, 1.82) is 0 Å². The van der Waals surface area contributed by atoms with Gasteiger partial charge in [0.25, 0.3) is 5.69 Å². The molecular weight excluding hydrogens is 434 g/mol. The van der Waals surface area contributed by atoms with Crippen LogP contribution in [0.5, 0.6) is 0 Å². The predicted octanol–water partition coefficient (Wildman–Crippen LogP) is 5.50. The zero-order chi connectivity index (χ0) is 22.8. The number of thiocarbonyl (C=S) groups is 1. The number of fused-ring (bicyclic) bond motifs is 1. The summed E-state index contributed by atoms with van der Waals surface area (Å²) in [6, 6.07) is 12.1. The molecule has 3 rings (SSSR count). The molecular formula is C22H25N3O4S2. The van der Waals surface area contributed by atoms with Crippen molar-refractivity contribution < 1.29 is 14.5 Å². The lowest BCUT2D eigenvalue weighted by molar-refractivity contribution is -0.384. The highest BCUT2D eigenvalue weighted by Crippen LogP contribution is 2.51. The van der Waals surface area contributed by atoms with Gasteiger partial charge in [-0.2, -0.15) is 0 Å². The van der Waals surface area contributed by atoms with E-state index in [0.717, 1.165) is 22.6 Å². The minimum absolute atomic E-state index is 0.0175. The van der Waals surface area contributed by atoms with Gasteiger partial charge in [-0.05, 0) is 54.5 Å². The van der Waals surface area contributed by atoms with Gasteiger partial charge in [0.2, 0.25) is 0 Å². The van der Waals surface area contributed by atoms with E-state index in [4.69, 9.17) is 17.0 Å². The molecule has 9 heteroatoms. The first-order chi connectivity index (χ1) is 14.5. The third-order valence-corrected chi connectivity index (χ3v) is 6.50. The largest absolute Gasteiger partial charge is 0.465 e. The van der Waals surface area contributed by atoms with E-state index >= 15 is 0 Å². The number of esters is 1. The molecule has 0 saturated heterocycles. The molecule has 2 aromatic rings. The molecule has 1 aliphatic heterocycles. The van der Waals surface area contributed by atoms with Crippen LogP contribution < -0.4 is 10.6 Å². The van der Waals surface area contributed by atoms with Crippen molar-refractivity contribution in [2.24, 2.45) is 0 Å². The van der Waals surface area contributed by atoms with Crippen LogP contribution in [0.2, 0.25) is 0 Å². The number of nitrogens with one attached hydrogen (secondary N) is 2. The van der Waals surface area contributed by atoms with Gasteiger partial charge in [-0.3, -0.25) is 14.9 Å². The smallest absolute Gasteiger partial charge is 0.302 e. The average molecular weight is 460 g/mol. The maximum Gasteiger partial charge on any atom is 0.302 e. The fourth-order valence-corrected chi connectivity index (χ4v) is 5.66. The lowest BCUT2D eigenvalue weighted by atomic mass is 9.75. The molecule has 0 radical (unpaired) electrons. The number of hydrogen-bond donors (Lipinski definition) is 2. The lowest BCUT2D eigenvalue weighted by Crippen LogP contribution is -2.40. The Labute approximate surface area is 191 Å². The maximum atomic E-state index is 11.4. The summed E-state index contributed by atoms with van der Waals surface area (Å²) >= 11 is 7.22. The number of hydrogen-bond acceptors (Lipinski definition) is 6. The van der Waals surface area contributed by atoms with E-state index in [0.29, 0.717) is 17.4 Å². The van der Waals surface area contributed by atoms with Gasteiger partial charge >= 0.3 is 5.97 Å². The Morgan fingerprint density at radius 3 is 2.39 bits per heavy atom. The molecule has 0 aromatic heterocycles. The van der Waals surface area contributed by atoms with Crippen LogP contribution in [-0.2, 0) is 14.9 Å². The molecule has 1 atom stereocenters. The fraction of sp³-hybridized carbons (Fsp3) is 0.364. The first kappa shape index (κ1) is 23.0. The summed E-state index contributed by atoms with van der Waals surface area (Å²) in [6.07, 6.45) is 0.861. The van der Waals surface area contributed by atoms with Gasteiger partial charge in [0.15, 0.2) is 5.11 Å². The Morgan fingerprint density at radius 2 is 1.77 bits per heavy atom. The second kappa shape index (κ2) is 8.84. The SMILES string of the molecule is CC(=O)OCC1(C)CC(C)(C)Sc2ccc(NC(=S)Nc3ccc([N+](=O)[O-])cc3)cc21. The van der Waals surface area contributed by atoms with Gasteiger partial charge in [-0.15, -0.1) is 11.8 Å². The number of thioether (sulfide) groups is 1. The number of nitrogens with zero attached hydrogens (tertiary/aromatic N) is 1. The van der Waals surface area contributed by atoms with E-state index in [-0.39, 0.29) is 21.8 Å². The zero-order valence-corrected chi connectivity index (χ0v) is 19.5. The summed E-state index contributed by atoms with van der Waals surface area (Å²) in [6.45, 7) is 8.25. The minimum atomic E-state index is -0.445. The molecule has 2 N–H and O–H groups in total. The number of rotatable bonds is 5. The van der Waals surface area contributed by atoms with E-state index in [9.17, 15) is 14.9 Å². The van der Waals surface area contributed by atoms with E-state index in [2.05, 4.69) is 37.5 Å². The second-order valence-corrected chi connectivity index (χ2v) is 10.6. The third kappa shape index (κ3) is 5.74. The van der Waals surface area contributed by atoms with Crippen molar-refractivity contribution in [2.45, 2.75) is 49.2 Å². The molecule has 0 saturated carbocycles. The van der Waals surface area contributed by atoms with Crippen LogP contribution in [-0.4, -0.2) is 27.4 Å². The van der Waals surface area contributed by atoms with Crippen molar-refractivity contribution in [1.82, 2.24) is 0 Å². The first-order valence-corrected chi connectivity index (χ1v) is 11.0. The third-order valence-electron chi connectivity index (χ3n) is 5.02. The minimum Gasteiger partial charge on any atom is -0.465 e. The van der Waals surface area contributed by atoms with Crippen LogP contribution in [0.4, 0.5) is 17.1 Å². The number of ether oxygens (including phenoxy) is 1. The van der Waals surface area contributed by atoms with Gasteiger partial charge < -0.3 is 15.4 Å². The van der Waals surface area contributed by atoms with Crippen molar-refractivity contribution in [3.63, 3.8) is 0 Å². The van der Waals surface area contributed by atoms with Crippen molar-refractivity contribution in [2.75, 3.05) is 17.2 Å². The van der Waals surface area contributed by atoms with E-state index in [1.165, 1.54) is 19.1 Å². The molecule has 1 unspecified atom stereocenters. The molecule has 7 nitrogen and oxygen atoms in total. The monoisotopic (exact) mass is 459 g/mol. The Kier molecular flexibility index (Phi) is 6.56. The Bertz CT molecular complexity index is 1020. The molecule has 0 bridgehead atoms. The van der Waals surface area contributed by atoms with Crippen LogP contribution in [0.1, 0.15) is 39.7 Å². The normalized spacial score (nSPS) is 19.1. The molecule has 1 aliphatic rings. The second-order valence-electron chi connectivity index (χ2n) is 8.47. The van der Waals surface area contributed by atoms with Crippen LogP contribution in [0.3, 0.4) is 0 Å². The number of anilines is 2. The lowest BCUT2D eigenvalue weighted by Gasteiger charge is -2.43. The van der Waals surface area contributed by atoms with E-state index in [1.54, 1.807) is 12.1 Å². The van der Waals surface area contributed by atoms with Gasteiger partial charge in [0.1, 0.15) is 6.61 Å². The van der Waals surface area contributed by atoms with Gasteiger partial charge in [0, 0.05) is 45.5 Å². The molecule has 31 heavy (non-hydrogen) atoms. The Hall–Kier alpha value is -2.65. The molecule has 0 aliphatic carbocycles. The van der Waals surface area contributed by atoms with Gasteiger partial charge in [-0.25, -0.2) is 0 Å². The number of carbonyl (C=O) groups is 1. The molecule has 0 amide bonds. The summed E-state index contributed by atoms with van der Waals surface area (Å²) in [5.74, 6) is -0.290. The van der Waals surface area contributed by atoms with Gasteiger partial charge in [-0.1, -0.05) is 20.8 Å². The highest BCUT2D eigenvalue weighted by atomic mass is 32.2. The molecule has 164 valence electrons. The quantitative estimate of drug-likeness (QED) is 0.262. The van der Waals surface area contributed by atoms with Crippen LogP contribution in [0, 0.1) is 10.1 Å². The summed E-state index contributed by atoms with van der Waals surface area (Å²) in [7, 11) is 0. The Balaban J connectivity index is 1.78. The molecule has 0 spiro atoms. The fourth-order valence-electron chi connectivity index (χ4n) is 3.89. The highest BCUT2D eigenvalue weighted by Gasteiger charge is 2.42. The molecule has 1 heterocycles. The number of nitro groups is 1.